The van der Waals surface area contributed by atoms with Gasteiger partial charge >= 0.3 is 0 Å². The summed E-state index contributed by atoms with van der Waals surface area (Å²) >= 11 is 0. The number of aromatic nitrogens is 2. The van der Waals surface area contributed by atoms with E-state index < -0.39 is 0 Å². The maximum Gasteiger partial charge on any atom is 0.225 e. The van der Waals surface area contributed by atoms with Crippen molar-refractivity contribution >= 4 is 11.6 Å². The fourth-order valence-corrected chi connectivity index (χ4v) is 4.39. The van der Waals surface area contributed by atoms with E-state index in [4.69, 9.17) is 0 Å². The molecule has 0 atom stereocenters. The van der Waals surface area contributed by atoms with Crippen molar-refractivity contribution in [1.82, 2.24) is 19.8 Å². The molecule has 0 aromatic carbocycles. The van der Waals surface area contributed by atoms with Gasteiger partial charge in [0.2, 0.25) is 5.91 Å². The average molecular weight is 388 g/mol. The summed E-state index contributed by atoms with van der Waals surface area (Å²) in [5, 5.41) is 0. The zero-order chi connectivity index (χ0) is 20.1. The molecule has 1 amide bonds. The van der Waals surface area contributed by atoms with Crippen LogP contribution in [0, 0.1) is 5.92 Å². The van der Waals surface area contributed by atoms with E-state index in [-0.39, 0.29) is 5.92 Å². The molecular formula is C22H37N5O. The van der Waals surface area contributed by atoms with Gasteiger partial charge in [0, 0.05) is 57.1 Å². The average Bonchev–Trinajstić information content (AvgIpc) is 2.67. The molecule has 2 fully saturated rings. The summed E-state index contributed by atoms with van der Waals surface area (Å²) in [4.78, 5) is 28.4. The van der Waals surface area contributed by atoms with Crippen molar-refractivity contribution in [2.75, 3.05) is 44.2 Å². The molecule has 3 rings (SSSR count). The van der Waals surface area contributed by atoms with E-state index >= 15 is 0 Å². The number of carbonyl (C=O) groups is 1. The Balaban J connectivity index is 1.48. The lowest BCUT2D eigenvalue weighted by atomic mass is 10.0. The second-order valence-electron chi connectivity index (χ2n) is 8.90. The van der Waals surface area contributed by atoms with E-state index in [1.807, 2.05) is 26.2 Å². The Hall–Kier alpha value is -1.69. The number of anilines is 1. The van der Waals surface area contributed by atoms with Gasteiger partial charge in [-0.1, -0.05) is 27.7 Å². The van der Waals surface area contributed by atoms with Gasteiger partial charge < -0.3 is 14.7 Å². The first kappa shape index (κ1) is 21.0. The van der Waals surface area contributed by atoms with Gasteiger partial charge in [-0.2, -0.15) is 0 Å². The van der Waals surface area contributed by atoms with Crippen LogP contribution >= 0.6 is 0 Å². The molecule has 2 saturated heterocycles. The predicted molar refractivity (Wildman–Crippen MR) is 114 cm³/mol. The molecule has 6 nitrogen and oxygen atoms in total. The van der Waals surface area contributed by atoms with E-state index in [0.717, 1.165) is 76.5 Å². The third kappa shape index (κ3) is 5.22. The predicted octanol–water partition coefficient (Wildman–Crippen LogP) is 3.15. The van der Waals surface area contributed by atoms with Crippen LogP contribution in [0.25, 0.3) is 0 Å². The van der Waals surface area contributed by atoms with Crippen molar-refractivity contribution in [3.8, 4) is 0 Å². The van der Waals surface area contributed by atoms with Crippen LogP contribution in [0.5, 0.6) is 0 Å². The third-order valence-electron chi connectivity index (χ3n) is 6.07. The van der Waals surface area contributed by atoms with Crippen LogP contribution in [0.4, 0.5) is 5.69 Å². The van der Waals surface area contributed by atoms with Gasteiger partial charge in [0.1, 0.15) is 5.82 Å². The lowest BCUT2D eigenvalue weighted by molar-refractivity contribution is -0.136. The van der Waals surface area contributed by atoms with Gasteiger partial charge in [0.05, 0.1) is 18.1 Å². The molecule has 6 heteroatoms. The Morgan fingerprint density at radius 1 is 0.929 bits per heavy atom. The molecule has 0 radical (unpaired) electrons. The Labute approximate surface area is 170 Å². The molecule has 28 heavy (non-hydrogen) atoms. The molecule has 0 saturated carbocycles. The number of carbonyl (C=O) groups excluding carboxylic acids is 1. The van der Waals surface area contributed by atoms with Crippen LogP contribution < -0.4 is 4.90 Å². The fourth-order valence-electron chi connectivity index (χ4n) is 4.39. The molecule has 3 heterocycles. The zero-order valence-corrected chi connectivity index (χ0v) is 18.1. The van der Waals surface area contributed by atoms with Crippen molar-refractivity contribution < 1.29 is 4.79 Å². The Kier molecular flexibility index (Phi) is 7.27. The van der Waals surface area contributed by atoms with Gasteiger partial charge in [-0.15, -0.1) is 0 Å². The Bertz CT molecular complexity index is 612. The maximum absolute atomic E-state index is 12.2. The van der Waals surface area contributed by atoms with Crippen molar-refractivity contribution in [3.05, 3.63) is 18.2 Å². The van der Waals surface area contributed by atoms with Crippen LogP contribution in [0.2, 0.25) is 0 Å². The summed E-state index contributed by atoms with van der Waals surface area (Å²) in [7, 11) is 0. The minimum absolute atomic E-state index is 0.114. The van der Waals surface area contributed by atoms with Crippen molar-refractivity contribution in [1.29, 1.82) is 0 Å². The lowest BCUT2D eigenvalue weighted by Crippen LogP contribution is -2.49. The van der Waals surface area contributed by atoms with Crippen molar-refractivity contribution in [3.63, 3.8) is 0 Å². The SMILES string of the molecule is CC(C)C(=O)N1CCC(N2CCCN(c3cnc(C(C)C)nc3)CCC2)CC1. The minimum Gasteiger partial charge on any atom is -0.369 e. The first-order valence-corrected chi connectivity index (χ1v) is 11.1. The lowest BCUT2D eigenvalue weighted by Gasteiger charge is -2.40. The molecule has 1 aromatic heterocycles. The number of piperidine rings is 1. The van der Waals surface area contributed by atoms with E-state index in [1.54, 1.807) is 0 Å². The highest BCUT2D eigenvalue weighted by Gasteiger charge is 2.28. The number of nitrogens with zero attached hydrogens (tertiary/aromatic N) is 5. The number of amides is 1. The van der Waals surface area contributed by atoms with Gasteiger partial charge in [-0.3, -0.25) is 4.79 Å². The third-order valence-corrected chi connectivity index (χ3v) is 6.07. The number of hydrogen-bond acceptors (Lipinski definition) is 5. The summed E-state index contributed by atoms with van der Waals surface area (Å²) in [6.07, 6.45) is 8.54. The van der Waals surface area contributed by atoms with Crippen molar-refractivity contribution in [2.24, 2.45) is 5.92 Å². The standard InChI is InChI=1S/C22H37N5O/c1-17(2)21-23-15-20(16-24-21)26-11-5-9-25(10-6-12-26)19-7-13-27(14-8-19)22(28)18(3)4/h15-19H,5-14H2,1-4H3. The highest BCUT2D eigenvalue weighted by atomic mass is 16.2. The molecule has 2 aliphatic rings. The molecule has 0 spiro atoms. The molecule has 0 aliphatic carbocycles. The molecule has 2 aliphatic heterocycles. The van der Waals surface area contributed by atoms with Gasteiger partial charge in [0.15, 0.2) is 0 Å². The van der Waals surface area contributed by atoms with Crippen LogP contribution in [-0.2, 0) is 4.79 Å². The largest absolute Gasteiger partial charge is 0.369 e. The van der Waals surface area contributed by atoms with Crippen molar-refractivity contribution in [2.45, 2.75) is 65.3 Å². The molecule has 156 valence electrons. The summed E-state index contributed by atoms with van der Waals surface area (Å²) in [5.74, 6) is 1.72. The first-order valence-electron chi connectivity index (χ1n) is 11.1. The van der Waals surface area contributed by atoms with Crippen LogP contribution in [0.15, 0.2) is 12.4 Å². The van der Waals surface area contributed by atoms with E-state index in [9.17, 15) is 4.79 Å². The monoisotopic (exact) mass is 387 g/mol. The molecule has 0 N–H and O–H groups in total. The highest BCUT2D eigenvalue weighted by Crippen LogP contribution is 2.22. The summed E-state index contributed by atoms with van der Waals surface area (Å²) in [6.45, 7) is 14.5. The second kappa shape index (κ2) is 9.68. The van der Waals surface area contributed by atoms with E-state index in [1.165, 1.54) is 0 Å². The smallest absolute Gasteiger partial charge is 0.225 e. The zero-order valence-electron chi connectivity index (χ0n) is 18.1. The summed E-state index contributed by atoms with van der Waals surface area (Å²) < 4.78 is 0. The Morgan fingerprint density at radius 2 is 1.50 bits per heavy atom. The van der Waals surface area contributed by atoms with E-state index in [2.05, 4.69) is 38.5 Å². The normalized spacial score (nSPS) is 20.5. The van der Waals surface area contributed by atoms with Gasteiger partial charge in [-0.05, 0) is 25.7 Å². The number of hydrogen-bond donors (Lipinski definition) is 0. The molecule has 0 unspecified atom stereocenters. The maximum atomic E-state index is 12.2. The molecule has 1 aromatic rings. The van der Waals surface area contributed by atoms with Crippen LogP contribution in [0.1, 0.15) is 65.1 Å². The molecular weight excluding hydrogens is 350 g/mol. The number of rotatable bonds is 4. The van der Waals surface area contributed by atoms with Crippen LogP contribution in [-0.4, -0.2) is 71.0 Å². The Morgan fingerprint density at radius 3 is 2.00 bits per heavy atom. The topological polar surface area (TPSA) is 52.6 Å². The first-order chi connectivity index (χ1) is 13.5. The second-order valence-corrected chi connectivity index (χ2v) is 8.90. The summed E-state index contributed by atoms with van der Waals surface area (Å²) in [6, 6.07) is 0.636. The van der Waals surface area contributed by atoms with E-state index in [0.29, 0.717) is 17.9 Å². The molecule has 0 bridgehead atoms. The fraction of sp³-hybridized carbons (Fsp3) is 0.773. The number of likely N-dealkylation sites (tertiary alicyclic amines) is 1. The minimum atomic E-state index is 0.114. The summed E-state index contributed by atoms with van der Waals surface area (Å²) in [5.41, 5.74) is 1.15. The van der Waals surface area contributed by atoms with Gasteiger partial charge in [0.25, 0.3) is 0 Å². The highest BCUT2D eigenvalue weighted by molar-refractivity contribution is 5.78. The van der Waals surface area contributed by atoms with Gasteiger partial charge in [-0.25, -0.2) is 9.97 Å². The van der Waals surface area contributed by atoms with Crippen LogP contribution in [0.3, 0.4) is 0 Å². The quantitative estimate of drug-likeness (QED) is 0.794.